The maximum absolute atomic E-state index is 13.3. The third-order valence-corrected chi connectivity index (χ3v) is 5.70. The molecule has 4 rings (SSSR count). The number of benzene rings is 2. The van der Waals surface area contributed by atoms with Gasteiger partial charge >= 0.3 is 0 Å². The number of likely N-dealkylation sites (tertiary alicyclic amines) is 1. The van der Waals surface area contributed by atoms with E-state index in [1.54, 1.807) is 16.2 Å². The van der Waals surface area contributed by atoms with Crippen LogP contribution in [0.3, 0.4) is 0 Å². The molecule has 1 atom stereocenters. The van der Waals surface area contributed by atoms with Crippen molar-refractivity contribution in [3.8, 4) is 11.1 Å². The molecule has 28 heavy (non-hydrogen) atoms. The van der Waals surface area contributed by atoms with Gasteiger partial charge in [0.2, 0.25) is 5.91 Å². The molecule has 0 saturated carbocycles. The molecule has 1 N–H and O–H groups in total. The van der Waals surface area contributed by atoms with Gasteiger partial charge in [0.15, 0.2) is 0 Å². The smallest absolute Gasteiger partial charge is 0.251 e. The second-order valence-corrected chi connectivity index (χ2v) is 7.72. The van der Waals surface area contributed by atoms with E-state index in [9.17, 15) is 9.59 Å². The number of hydrogen-bond donors (Lipinski definition) is 1. The Balaban J connectivity index is 1.61. The summed E-state index contributed by atoms with van der Waals surface area (Å²) < 4.78 is 0. The lowest BCUT2D eigenvalue weighted by atomic mass is 10.00. The van der Waals surface area contributed by atoms with Crippen molar-refractivity contribution in [3.63, 3.8) is 0 Å². The summed E-state index contributed by atoms with van der Waals surface area (Å²) in [6, 6.07) is 18.8. The number of piperidine rings is 1. The molecule has 1 fully saturated rings. The molecule has 0 spiro atoms. The molecular formula is C23H22N2O2S. The second-order valence-electron chi connectivity index (χ2n) is 6.94. The molecule has 142 valence electrons. The minimum absolute atomic E-state index is 0.0438. The van der Waals surface area contributed by atoms with Gasteiger partial charge in [0.25, 0.3) is 5.91 Å². The minimum Gasteiger partial charge on any atom is -0.327 e. The first-order valence-electron chi connectivity index (χ1n) is 9.50. The van der Waals surface area contributed by atoms with Gasteiger partial charge in [-0.1, -0.05) is 42.5 Å². The highest BCUT2D eigenvalue weighted by molar-refractivity contribution is 7.08. The standard InChI is InChI=1S/C23H22N2O2S/c26-21-11-4-5-13-25(21)22(17-7-2-1-3-8-17)23(27)24-20-10-6-9-18(15-20)19-12-14-28-16-19/h1-3,6-10,12,14-16,22H,4-5,11,13H2,(H,24,27). The number of hydrogen-bond acceptors (Lipinski definition) is 3. The van der Waals surface area contributed by atoms with E-state index in [1.807, 2.05) is 60.0 Å². The maximum Gasteiger partial charge on any atom is 0.251 e. The first kappa shape index (κ1) is 18.4. The van der Waals surface area contributed by atoms with Crippen LogP contribution in [-0.4, -0.2) is 23.3 Å². The monoisotopic (exact) mass is 390 g/mol. The quantitative estimate of drug-likeness (QED) is 0.658. The summed E-state index contributed by atoms with van der Waals surface area (Å²) in [5.41, 5.74) is 3.76. The third kappa shape index (κ3) is 3.99. The average Bonchev–Trinajstić information content (AvgIpc) is 3.26. The highest BCUT2D eigenvalue weighted by Crippen LogP contribution is 2.29. The van der Waals surface area contributed by atoms with Crippen LogP contribution < -0.4 is 5.32 Å². The summed E-state index contributed by atoms with van der Waals surface area (Å²) in [5, 5.41) is 7.15. The molecule has 1 aromatic heterocycles. The lowest BCUT2D eigenvalue weighted by Crippen LogP contribution is -2.43. The van der Waals surface area contributed by atoms with Gasteiger partial charge in [-0.2, -0.15) is 11.3 Å². The number of nitrogens with zero attached hydrogens (tertiary/aromatic N) is 1. The number of rotatable bonds is 5. The number of nitrogens with one attached hydrogen (secondary N) is 1. The average molecular weight is 391 g/mol. The number of carbonyl (C=O) groups is 2. The molecule has 4 nitrogen and oxygen atoms in total. The van der Waals surface area contributed by atoms with Gasteiger partial charge in [-0.05, 0) is 58.5 Å². The Morgan fingerprint density at radius 3 is 2.61 bits per heavy atom. The third-order valence-electron chi connectivity index (χ3n) is 5.02. The van der Waals surface area contributed by atoms with Crippen molar-refractivity contribution in [2.75, 3.05) is 11.9 Å². The largest absolute Gasteiger partial charge is 0.327 e. The highest BCUT2D eigenvalue weighted by Gasteiger charge is 2.32. The van der Waals surface area contributed by atoms with Crippen LogP contribution >= 0.6 is 11.3 Å². The van der Waals surface area contributed by atoms with Gasteiger partial charge in [-0.25, -0.2) is 0 Å². The number of thiophene rings is 1. The fourth-order valence-corrected chi connectivity index (χ4v) is 4.29. The van der Waals surface area contributed by atoms with Crippen molar-refractivity contribution in [1.82, 2.24) is 4.90 Å². The van der Waals surface area contributed by atoms with Gasteiger partial charge in [0.05, 0.1) is 0 Å². The first-order valence-corrected chi connectivity index (χ1v) is 10.4. The number of amides is 2. The van der Waals surface area contributed by atoms with E-state index >= 15 is 0 Å². The van der Waals surface area contributed by atoms with Crippen molar-refractivity contribution in [2.45, 2.75) is 25.3 Å². The van der Waals surface area contributed by atoms with Crippen molar-refractivity contribution in [3.05, 3.63) is 77.0 Å². The molecule has 1 unspecified atom stereocenters. The molecule has 1 aliphatic heterocycles. The summed E-state index contributed by atoms with van der Waals surface area (Å²) >= 11 is 1.64. The Morgan fingerprint density at radius 1 is 1.00 bits per heavy atom. The predicted molar refractivity (Wildman–Crippen MR) is 113 cm³/mol. The van der Waals surface area contributed by atoms with E-state index in [-0.39, 0.29) is 11.8 Å². The van der Waals surface area contributed by atoms with E-state index in [1.165, 1.54) is 0 Å². The molecule has 2 amide bonds. The van der Waals surface area contributed by atoms with Gasteiger partial charge in [0, 0.05) is 18.7 Å². The normalized spacial score (nSPS) is 15.3. The molecule has 1 saturated heterocycles. The highest BCUT2D eigenvalue weighted by atomic mass is 32.1. The molecule has 2 heterocycles. The van der Waals surface area contributed by atoms with Gasteiger partial charge in [0.1, 0.15) is 6.04 Å². The summed E-state index contributed by atoms with van der Waals surface area (Å²) in [5.74, 6) is -0.133. The van der Waals surface area contributed by atoms with Crippen LogP contribution in [-0.2, 0) is 9.59 Å². The molecule has 0 bridgehead atoms. The zero-order valence-electron chi connectivity index (χ0n) is 15.5. The summed E-state index contributed by atoms with van der Waals surface area (Å²) in [6.07, 6.45) is 2.32. The van der Waals surface area contributed by atoms with Crippen molar-refractivity contribution in [1.29, 1.82) is 0 Å². The van der Waals surface area contributed by atoms with E-state index < -0.39 is 6.04 Å². The molecule has 1 aliphatic rings. The summed E-state index contributed by atoms with van der Waals surface area (Å²) in [7, 11) is 0. The van der Waals surface area contributed by atoms with Crippen LogP contribution in [0, 0.1) is 0 Å². The molecule has 0 radical (unpaired) electrons. The second kappa shape index (κ2) is 8.40. The lowest BCUT2D eigenvalue weighted by Gasteiger charge is -2.34. The van der Waals surface area contributed by atoms with Crippen LogP contribution in [0.4, 0.5) is 5.69 Å². The van der Waals surface area contributed by atoms with E-state index in [2.05, 4.69) is 16.8 Å². The van der Waals surface area contributed by atoms with Crippen LogP contribution in [0.5, 0.6) is 0 Å². The Kier molecular flexibility index (Phi) is 5.53. The topological polar surface area (TPSA) is 49.4 Å². The molecular weight excluding hydrogens is 368 g/mol. The van der Waals surface area contributed by atoms with Crippen molar-refractivity contribution >= 4 is 28.8 Å². The molecule has 0 aliphatic carbocycles. The van der Waals surface area contributed by atoms with Crippen LogP contribution in [0.15, 0.2) is 71.4 Å². The Morgan fingerprint density at radius 2 is 1.86 bits per heavy atom. The van der Waals surface area contributed by atoms with Gasteiger partial charge < -0.3 is 10.2 Å². The maximum atomic E-state index is 13.3. The first-order chi connectivity index (χ1) is 13.7. The SMILES string of the molecule is O=C(Nc1cccc(-c2ccsc2)c1)C(c1ccccc1)N1CCCCC1=O. The predicted octanol–water partition coefficient (Wildman–Crippen LogP) is 5.11. The van der Waals surface area contributed by atoms with Crippen molar-refractivity contribution < 1.29 is 9.59 Å². The lowest BCUT2D eigenvalue weighted by molar-refractivity contribution is -0.141. The van der Waals surface area contributed by atoms with E-state index in [4.69, 9.17) is 0 Å². The Bertz CT molecular complexity index is 954. The van der Waals surface area contributed by atoms with Gasteiger partial charge in [-0.15, -0.1) is 0 Å². The molecule has 2 aromatic carbocycles. The summed E-state index contributed by atoms with van der Waals surface area (Å²) in [6.45, 7) is 0.612. The zero-order valence-corrected chi connectivity index (χ0v) is 16.3. The Labute approximate surface area is 168 Å². The van der Waals surface area contributed by atoms with E-state index in [0.29, 0.717) is 13.0 Å². The number of anilines is 1. The summed E-state index contributed by atoms with van der Waals surface area (Å²) in [4.78, 5) is 27.5. The van der Waals surface area contributed by atoms with Crippen molar-refractivity contribution in [2.24, 2.45) is 0 Å². The fourth-order valence-electron chi connectivity index (χ4n) is 3.62. The van der Waals surface area contributed by atoms with Crippen LogP contribution in [0.1, 0.15) is 30.9 Å². The fraction of sp³-hybridized carbons (Fsp3) is 0.217. The zero-order chi connectivity index (χ0) is 19.3. The van der Waals surface area contributed by atoms with Crippen LogP contribution in [0.25, 0.3) is 11.1 Å². The molecule has 5 heteroatoms. The van der Waals surface area contributed by atoms with Gasteiger partial charge in [-0.3, -0.25) is 9.59 Å². The van der Waals surface area contributed by atoms with Crippen LogP contribution in [0.2, 0.25) is 0 Å². The molecule has 3 aromatic rings. The minimum atomic E-state index is -0.612. The van der Waals surface area contributed by atoms with E-state index in [0.717, 1.165) is 35.2 Å². The Hall–Kier alpha value is -2.92. The number of carbonyl (C=O) groups excluding carboxylic acids is 2.